The van der Waals surface area contributed by atoms with E-state index in [1.807, 2.05) is 0 Å². The highest BCUT2D eigenvalue weighted by molar-refractivity contribution is 5.64. The zero-order chi connectivity index (χ0) is 14.0. The van der Waals surface area contributed by atoms with Crippen LogP contribution in [0.2, 0.25) is 0 Å². The van der Waals surface area contributed by atoms with Gasteiger partial charge in [0, 0.05) is 11.6 Å². The Bertz CT molecular complexity index is 523. The minimum absolute atomic E-state index is 0.0493. The Morgan fingerprint density at radius 2 is 1.68 bits per heavy atom. The first-order chi connectivity index (χ1) is 9.02. The van der Waals surface area contributed by atoms with Gasteiger partial charge in [0.15, 0.2) is 0 Å². The summed E-state index contributed by atoms with van der Waals surface area (Å²) in [6, 6.07) is 2.55. The highest BCUT2D eigenvalue weighted by Gasteiger charge is 2.33. The molecule has 0 heterocycles. The second kappa shape index (κ2) is 5.21. The lowest BCUT2D eigenvalue weighted by molar-refractivity contribution is -0.423. The molecular weight excluding hydrogens is 252 g/mol. The van der Waals surface area contributed by atoms with Crippen LogP contribution in [0.4, 0.5) is 11.4 Å². The predicted molar refractivity (Wildman–Crippen MR) is 67.2 cm³/mol. The average molecular weight is 266 g/mol. The molecule has 7 heteroatoms. The zero-order valence-electron chi connectivity index (χ0n) is 10.2. The quantitative estimate of drug-likeness (QED) is 0.667. The lowest BCUT2D eigenvalue weighted by atomic mass is 9.83. The molecular formula is C12H14N2O5. The fourth-order valence-corrected chi connectivity index (χ4v) is 2.65. The van der Waals surface area contributed by atoms with E-state index in [4.69, 9.17) is 0 Å². The standard InChI is InChI=1S/C12H14N2O5/c15-12-9(8-4-2-1-3-5-8)6-7-10(13(16)17)11(12)14(18)19/h6-8,15H,1-5H2. The van der Waals surface area contributed by atoms with Gasteiger partial charge in [0.25, 0.3) is 0 Å². The number of nitro benzene ring substituents is 2. The SMILES string of the molecule is O=[N+]([O-])c1ccc(C2CCCCC2)c(O)c1[N+](=O)[O-]. The first kappa shape index (κ1) is 13.3. The maximum absolute atomic E-state index is 10.9. The van der Waals surface area contributed by atoms with Gasteiger partial charge in [-0.05, 0) is 24.8 Å². The molecule has 0 radical (unpaired) electrons. The van der Waals surface area contributed by atoms with E-state index in [1.54, 1.807) is 0 Å². The Morgan fingerprint density at radius 3 is 2.21 bits per heavy atom. The summed E-state index contributed by atoms with van der Waals surface area (Å²) >= 11 is 0. The number of phenols is 1. The van der Waals surface area contributed by atoms with Crippen LogP contribution in [0.25, 0.3) is 0 Å². The van der Waals surface area contributed by atoms with Crippen LogP contribution in [0.15, 0.2) is 12.1 Å². The van der Waals surface area contributed by atoms with Gasteiger partial charge in [0.2, 0.25) is 5.75 Å². The molecule has 1 saturated carbocycles. The van der Waals surface area contributed by atoms with E-state index in [0.717, 1.165) is 38.2 Å². The van der Waals surface area contributed by atoms with Gasteiger partial charge in [-0.2, -0.15) is 0 Å². The third kappa shape index (κ3) is 2.49. The largest absolute Gasteiger partial charge is 0.502 e. The minimum Gasteiger partial charge on any atom is -0.502 e. The Hall–Kier alpha value is -2.18. The van der Waals surface area contributed by atoms with E-state index in [2.05, 4.69) is 0 Å². The van der Waals surface area contributed by atoms with Crippen LogP contribution >= 0.6 is 0 Å². The van der Waals surface area contributed by atoms with Crippen LogP contribution in [0, 0.1) is 20.2 Å². The first-order valence-electron chi connectivity index (χ1n) is 6.17. The highest BCUT2D eigenvalue weighted by Crippen LogP contribution is 2.44. The predicted octanol–water partition coefficient (Wildman–Crippen LogP) is 3.26. The second-order valence-electron chi connectivity index (χ2n) is 4.72. The lowest BCUT2D eigenvalue weighted by Crippen LogP contribution is -2.06. The van der Waals surface area contributed by atoms with E-state index < -0.39 is 27.0 Å². The molecule has 0 bridgehead atoms. The molecule has 0 amide bonds. The number of nitrogens with zero attached hydrogens (tertiary/aromatic N) is 2. The number of nitro groups is 2. The number of hydrogen-bond donors (Lipinski definition) is 1. The Labute approximate surface area is 109 Å². The van der Waals surface area contributed by atoms with Gasteiger partial charge in [-0.1, -0.05) is 19.3 Å². The van der Waals surface area contributed by atoms with Crippen molar-refractivity contribution in [2.45, 2.75) is 38.0 Å². The minimum atomic E-state index is -0.889. The van der Waals surface area contributed by atoms with Crippen LogP contribution in [0.5, 0.6) is 5.75 Å². The van der Waals surface area contributed by atoms with Gasteiger partial charge in [-0.25, -0.2) is 0 Å². The maximum Gasteiger partial charge on any atom is 0.387 e. The van der Waals surface area contributed by atoms with Gasteiger partial charge in [-0.3, -0.25) is 20.2 Å². The summed E-state index contributed by atoms with van der Waals surface area (Å²) in [5.74, 6) is -0.501. The van der Waals surface area contributed by atoms with Gasteiger partial charge in [-0.15, -0.1) is 0 Å². The van der Waals surface area contributed by atoms with E-state index in [-0.39, 0.29) is 5.92 Å². The summed E-state index contributed by atoms with van der Waals surface area (Å²) in [7, 11) is 0. The molecule has 0 aliphatic heterocycles. The van der Waals surface area contributed by atoms with Crippen molar-refractivity contribution in [1.82, 2.24) is 0 Å². The number of hydrogen-bond acceptors (Lipinski definition) is 5. The van der Waals surface area contributed by atoms with Crippen LogP contribution in [-0.4, -0.2) is 15.0 Å². The molecule has 102 valence electrons. The topological polar surface area (TPSA) is 107 Å². The molecule has 19 heavy (non-hydrogen) atoms. The number of rotatable bonds is 3. The van der Waals surface area contributed by atoms with E-state index in [1.165, 1.54) is 6.07 Å². The molecule has 0 atom stereocenters. The smallest absolute Gasteiger partial charge is 0.387 e. The Morgan fingerprint density at radius 1 is 1.05 bits per heavy atom. The lowest BCUT2D eigenvalue weighted by Gasteiger charge is -2.22. The van der Waals surface area contributed by atoms with Crippen molar-refractivity contribution in [3.8, 4) is 5.75 Å². The highest BCUT2D eigenvalue weighted by atomic mass is 16.6. The van der Waals surface area contributed by atoms with Crippen LogP contribution in [0.1, 0.15) is 43.6 Å². The van der Waals surface area contributed by atoms with E-state index in [0.29, 0.717) is 5.56 Å². The monoisotopic (exact) mass is 266 g/mol. The first-order valence-corrected chi connectivity index (χ1v) is 6.17. The molecule has 0 unspecified atom stereocenters. The van der Waals surface area contributed by atoms with Crippen LogP contribution in [-0.2, 0) is 0 Å². The maximum atomic E-state index is 10.9. The molecule has 1 aliphatic rings. The molecule has 7 nitrogen and oxygen atoms in total. The van der Waals surface area contributed by atoms with Gasteiger partial charge in [0.05, 0.1) is 9.85 Å². The average Bonchev–Trinajstić information content (AvgIpc) is 2.38. The molecule has 0 aromatic heterocycles. The third-order valence-electron chi connectivity index (χ3n) is 3.59. The summed E-state index contributed by atoms with van der Waals surface area (Å²) in [5, 5.41) is 31.7. The molecule has 1 aromatic rings. The van der Waals surface area contributed by atoms with Crippen molar-refractivity contribution in [3.05, 3.63) is 37.9 Å². The molecule has 1 fully saturated rings. The molecule has 0 spiro atoms. The van der Waals surface area contributed by atoms with Crippen molar-refractivity contribution in [1.29, 1.82) is 0 Å². The molecule has 1 aromatic carbocycles. The normalized spacial score (nSPS) is 16.2. The van der Waals surface area contributed by atoms with E-state index in [9.17, 15) is 25.3 Å². The van der Waals surface area contributed by atoms with Crippen LogP contribution in [0.3, 0.4) is 0 Å². The fraction of sp³-hybridized carbons (Fsp3) is 0.500. The number of aromatic hydroxyl groups is 1. The summed E-state index contributed by atoms with van der Waals surface area (Å²) in [4.78, 5) is 19.9. The second-order valence-corrected chi connectivity index (χ2v) is 4.72. The van der Waals surface area contributed by atoms with E-state index >= 15 is 0 Å². The molecule has 0 saturated heterocycles. The van der Waals surface area contributed by atoms with Crippen molar-refractivity contribution in [3.63, 3.8) is 0 Å². The van der Waals surface area contributed by atoms with Crippen molar-refractivity contribution >= 4 is 11.4 Å². The van der Waals surface area contributed by atoms with Gasteiger partial charge >= 0.3 is 11.4 Å². The molecule has 2 rings (SSSR count). The van der Waals surface area contributed by atoms with Gasteiger partial charge in [0.1, 0.15) is 0 Å². The van der Waals surface area contributed by atoms with Crippen molar-refractivity contribution in [2.75, 3.05) is 0 Å². The Balaban J connectivity index is 2.49. The van der Waals surface area contributed by atoms with Gasteiger partial charge < -0.3 is 5.11 Å². The summed E-state index contributed by atoms with van der Waals surface area (Å²) < 4.78 is 0. The number of phenolic OH excluding ortho intramolecular Hbond substituents is 1. The summed E-state index contributed by atoms with van der Waals surface area (Å²) in [5.41, 5.74) is -1.01. The Kier molecular flexibility index (Phi) is 3.64. The molecule has 1 aliphatic carbocycles. The molecule has 1 N–H and O–H groups in total. The summed E-state index contributed by atoms with van der Waals surface area (Å²) in [6.45, 7) is 0. The van der Waals surface area contributed by atoms with Crippen molar-refractivity contribution < 1.29 is 15.0 Å². The zero-order valence-corrected chi connectivity index (χ0v) is 10.2. The fourth-order valence-electron chi connectivity index (χ4n) is 2.65. The van der Waals surface area contributed by atoms with Crippen LogP contribution < -0.4 is 0 Å². The number of benzene rings is 1. The third-order valence-corrected chi connectivity index (χ3v) is 3.59. The summed E-state index contributed by atoms with van der Waals surface area (Å²) in [6.07, 6.45) is 4.83. The van der Waals surface area contributed by atoms with Crippen molar-refractivity contribution in [2.24, 2.45) is 0 Å².